The quantitative estimate of drug-likeness (QED) is 0.851. The number of aromatic nitrogens is 2. The summed E-state index contributed by atoms with van der Waals surface area (Å²) in [4.78, 5) is 11.5. The Morgan fingerprint density at radius 1 is 1.30 bits per heavy atom. The monoisotopic (exact) mass is 316 g/mol. The molecule has 1 aliphatic rings. The van der Waals surface area contributed by atoms with Crippen LogP contribution in [0.5, 0.6) is 0 Å². The van der Waals surface area contributed by atoms with Crippen molar-refractivity contribution in [3.63, 3.8) is 0 Å². The largest absolute Gasteiger partial charge is 0.467 e. The van der Waals surface area contributed by atoms with Crippen LogP contribution >= 0.6 is 0 Å². The number of aliphatic hydroxyl groups excluding tert-OH is 1. The smallest absolute Gasteiger partial charge is 0.225 e. The Morgan fingerprint density at radius 3 is 2.87 bits per heavy atom. The SMILES string of the molecule is Cc1cc(CNCC(O)c2ccco2)nc(N2CCCCC2)n1. The van der Waals surface area contributed by atoms with E-state index < -0.39 is 6.10 Å². The summed E-state index contributed by atoms with van der Waals surface area (Å²) in [6.07, 6.45) is 4.63. The van der Waals surface area contributed by atoms with Gasteiger partial charge in [0.2, 0.25) is 5.95 Å². The van der Waals surface area contributed by atoms with E-state index >= 15 is 0 Å². The van der Waals surface area contributed by atoms with Crippen LogP contribution in [-0.4, -0.2) is 34.7 Å². The molecule has 6 nitrogen and oxygen atoms in total. The molecular formula is C17H24N4O2. The summed E-state index contributed by atoms with van der Waals surface area (Å²) in [6, 6.07) is 5.53. The number of anilines is 1. The summed E-state index contributed by atoms with van der Waals surface area (Å²) in [6.45, 7) is 5.09. The molecular weight excluding hydrogens is 292 g/mol. The molecule has 1 fully saturated rings. The third kappa shape index (κ3) is 4.30. The third-order valence-corrected chi connectivity index (χ3v) is 4.05. The van der Waals surface area contributed by atoms with Crippen LogP contribution in [0.2, 0.25) is 0 Å². The first-order valence-corrected chi connectivity index (χ1v) is 8.24. The first-order valence-electron chi connectivity index (χ1n) is 8.24. The van der Waals surface area contributed by atoms with Gasteiger partial charge in [0.05, 0.1) is 12.0 Å². The van der Waals surface area contributed by atoms with Gasteiger partial charge in [-0.25, -0.2) is 9.97 Å². The highest BCUT2D eigenvalue weighted by Crippen LogP contribution is 2.17. The van der Waals surface area contributed by atoms with Gasteiger partial charge in [-0.05, 0) is 44.4 Å². The minimum Gasteiger partial charge on any atom is -0.467 e. The second-order valence-electron chi connectivity index (χ2n) is 6.01. The van der Waals surface area contributed by atoms with Crippen LogP contribution in [0.15, 0.2) is 28.9 Å². The molecule has 0 aromatic carbocycles. The lowest BCUT2D eigenvalue weighted by Crippen LogP contribution is -2.31. The van der Waals surface area contributed by atoms with Crippen LogP contribution < -0.4 is 10.2 Å². The van der Waals surface area contributed by atoms with Crippen molar-refractivity contribution in [3.8, 4) is 0 Å². The fourth-order valence-corrected chi connectivity index (χ4v) is 2.86. The van der Waals surface area contributed by atoms with E-state index in [1.807, 2.05) is 13.0 Å². The molecule has 0 aliphatic carbocycles. The van der Waals surface area contributed by atoms with Gasteiger partial charge in [0.15, 0.2) is 0 Å². The second-order valence-corrected chi connectivity index (χ2v) is 6.01. The Bertz CT molecular complexity index is 609. The number of hydrogen-bond acceptors (Lipinski definition) is 6. The standard InChI is InChI=1S/C17H24N4O2/c1-13-10-14(11-18-12-15(22)16-6-5-9-23-16)20-17(19-13)21-7-3-2-4-8-21/h5-6,9-10,15,18,22H,2-4,7-8,11-12H2,1H3. The van der Waals surface area contributed by atoms with Crippen LogP contribution in [0.1, 0.15) is 42.5 Å². The second kappa shape index (κ2) is 7.57. The van der Waals surface area contributed by atoms with Crippen molar-refractivity contribution in [3.05, 3.63) is 41.6 Å². The van der Waals surface area contributed by atoms with Gasteiger partial charge in [-0.1, -0.05) is 0 Å². The number of hydrogen-bond donors (Lipinski definition) is 2. The maximum absolute atomic E-state index is 10.0. The van der Waals surface area contributed by atoms with Gasteiger partial charge in [-0.3, -0.25) is 0 Å². The Labute approximate surface area is 136 Å². The average molecular weight is 316 g/mol. The molecule has 1 unspecified atom stereocenters. The molecule has 2 N–H and O–H groups in total. The molecule has 0 bridgehead atoms. The predicted octanol–water partition coefficient (Wildman–Crippen LogP) is 2.19. The summed E-state index contributed by atoms with van der Waals surface area (Å²) in [5, 5.41) is 13.2. The Morgan fingerprint density at radius 2 is 2.13 bits per heavy atom. The minimum atomic E-state index is -0.644. The van der Waals surface area contributed by atoms with E-state index in [0.717, 1.165) is 30.4 Å². The van der Waals surface area contributed by atoms with Gasteiger partial charge in [-0.2, -0.15) is 0 Å². The van der Waals surface area contributed by atoms with Gasteiger partial charge in [0.1, 0.15) is 11.9 Å². The van der Waals surface area contributed by atoms with E-state index in [0.29, 0.717) is 18.8 Å². The van der Waals surface area contributed by atoms with Crippen LogP contribution in [0, 0.1) is 6.92 Å². The Kier molecular flexibility index (Phi) is 5.25. The van der Waals surface area contributed by atoms with E-state index in [1.165, 1.54) is 19.3 Å². The molecule has 2 aromatic rings. The normalized spacial score (nSPS) is 16.5. The topological polar surface area (TPSA) is 74.4 Å². The van der Waals surface area contributed by atoms with E-state index in [1.54, 1.807) is 18.4 Å². The highest BCUT2D eigenvalue weighted by molar-refractivity contribution is 5.32. The molecule has 1 atom stereocenters. The lowest BCUT2D eigenvalue weighted by Gasteiger charge is -2.27. The Hall–Kier alpha value is -1.92. The van der Waals surface area contributed by atoms with Crippen molar-refractivity contribution in [1.29, 1.82) is 0 Å². The fourth-order valence-electron chi connectivity index (χ4n) is 2.86. The number of nitrogens with zero attached hydrogens (tertiary/aromatic N) is 3. The third-order valence-electron chi connectivity index (χ3n) is 4.05. The summed E-state index contributed by atoms with van der Waals surface area (Å²) in [5.74, 6) is 1.40. The molecule has 0 saturated carbocycles. The van der Waals surface area contributed by atoms with Crippen molar-refractivity contribution < 1.29 is 9.52 Å². The first-order chi connectivity index (χ1) is 11.2. The highest BCUT2D eigenvalue weighted by atomic mass is 16.4. The van der Waals surface area contributed by atoms with E-state index in [2.05, 4.69) is 20.2 Å². The lowest BCUT2D eigenvalue weighted by molar-refractivity contribution is 0.147. The van der Waals surface area contributed by atoms with Gasteiger partial charge in [0.25, 0.3) is 0 Å². The molecule has 1 saturated heterocycles. The zero-order valence-corrected chi connectivity index (χ0v) is 13.5. The summed E-state index contributed by atoms with van der Waals surface area (Å²) in [5.41, 5.74) is 1.92. The number of nitrogens with one attached hydrogen (secondary N) is 1. The first kappa shape index (κ1) is 16.0. The molecule has 0 spiro atoms. The predicted molar refractivity (Wildman–Crippen MR) is 88.2 cm³/mol. The molecule has 2 aromatic heterocycles. The van der Waals surface area contributed by atoms with E-state index in [-0.39, 0.29) is 0 Å². The zero-order valence-electron chi connectivity index (χ0n) is 13.5. The number of piperidine rings is 1. The van der Waals surface area contributed by atoms with Crippen molar-refractivity contribution >= 4 is 5.95 Å². The number of aliphatic hydroxyl groups is 1. The molecule has 124 valence electrons. The van der Waals surface area contributed by atoms with Crippen molar-refractivity contribution in [2.24, 2.45) is 0 Å². The highest BCUT2D eigenvalue weighted by Gasteiger charge is 2.15. The number of rotatable bonds is 6. The van der Waals surface area contributed by atoms with Crippen LogP contribution in [0.4, 0.5) is 5.95 Å². The van der Waals surface area contributed by atoms with Crippen LogP contribution in [0.3, 0.4) is 0 Å². The van der Waals surface area contributed by atoms with Gasteiger partial charge >= 0.3 is 0 Å². The van der Waals surface area contributed by atoms with Gasteiger partial charge in [-0.15, -0.1) is 0 Å². The Balaban J connectivity index is 1.58. The maximum atomic E-state index is 10.0. The van der Waals surface area contributed by atoms with Gasteiger partial charge < -0.3 is 19.7 Å². The molecule has 0 radical (unpaired) electrons. The maximum Gasteiger partial charge on any atom is 0.225 e. The van der Waals surface area contributed by atoms with E-state index in [9.17, 15) is 5.11 Å². The van der Waals surface area contributed by atoms with Crippen LogP contribution in [-0.2, 0) is 6.54 Å². The van der Waals surface area contributed by atoms with E-state index in [4.69, 9.17) is 4.42 Å². The number of aryl methyl sites for hydroxylation is 1. The van der Waals surface area contributed by atoms with Crippen LogP contribution in [0.25, 0.3) is 0 Å². The molecule has 3 rings (SSSR count). The average Bonchev–Trinajstić information content (AvgIpc) is 3.10. The van der Waals surface area contributed by atoms with Crippen molar-refractivity contribution in [2.45, 2.75) is 38.8 Å². The molecule has 0 amide bonds. The summed E-state index contributed by atoms with van der Waals surface area (Å²) in [7, 11) is 0. The number of furan rings is 1. The molecule has 3 heterocycles. The van der Waals surface area contributed by atoms with Crippen molar-refractivity contribution in [2.75, 3.05) is 24.5 Å². The minimum absolute atomic E-state index is 0.426. The van der Waals surface area contributed by atoms with Gasteiger partial charge in [0, 0.05) is 31.9 Å². The fraction of sp³-hybridized carbons (Fsp3) is 0.529. The molecule has 1 aliphatic heterocycles. The zero-order chi connectivity index (χ0) is 16.1. The van der Waals surface area contributed by atoms with Crippen molar-refractivity contribution in [1.82, 2.24) is 15.3 Å². The summed E-state index contributed by atoms with van der Waals surface area (Å²) >= 11 is 0. The molecule has 6 heteroatoms. The molecule has 23 heavy (non-hydrogen) atoms. The lowest BCUT2D eigenvalue weighted by atomic mass is 10.1. The summed E-state index contributed by atoms with van der Waals surface area (Å²) < 4.78 is 5.19.